The summed E-state index contributed by atoms with van der Waals surface area (Å²) in [5.41, 5.74) is 1.31. The topological polar surface area (TPSA) is 96.0 Å². The first-order chi connectivity index (χ1) is 11.4. The molecular formula is C17H12ClN3O3. The molecule has 0 aliphatic carbocycles. The number of carbonyl (C=O) groups excluding carboxylic acids is 1. The highest BCUT2D eigenvalue weighted by molar-refractivity contribution is 6.30. The number of benzene rings is 2. The summed E-state index contributed by atoms with van der Waals surface area (Å²) in [6.45, 7) is 1.70. The number of hydrogen-bond donors (Lipinski definition) is 1. The molecule has 1 N–H and O–H groups in total. The molecule has 0 saturated heterocycles. The second kappa shape index (κ2) is 7.40. The van der Waals surface area contributed by atoms with E-state index >= 15 is 0 Å². The van der Waals surface area contributed by atoms with Crippen LogP contribution >= 0.6 is 11.6 Å². The maximum atomic E-state index is 12.3. The lowest BCUT2D eigenvalue weighted by Gasteiger charge is -2.07. The zero-order valence-corrected chi connectivity index (χ0v) is 13.4. The fourth-order valence-electron chi connectivity index (χ4n) is 1.92. The molecule has 0 spiro atoms. The molecule has 0 atom stereocenters. The van der Waals surface area contributed by atoms with Crippen molar-refractivity contribution in [2.24, 2.45) is 0 Å². The van der Waals surface area contributed by atoms with Gasteiger partial charge in [0.1, 0.15) is 11.6 Å². The lowest BCUT2D eigenvalue weighted by molar-refractivity contribution is -0.384. The molecule has 120 valence electrons. The van der Waals surface area contributed by atoms with Crippen LogP contribution in [0.1, 0.15) is 11.1 Å². The summed E-state index contributed by atoms with van der Waals surface area (Å²) in [4.78, 5) is 22.5. The van der Waals surface area contributed by atoms with Gasteiger partial charge in [0.05, 0.1) is 10.6 Å². The summed E-state index contributed by atoms with van der Waals surface area (Å²) in [6, 6.07) is 12.6. The normalized spacial score (nSPS) is 10.8. The van der Waals surface area contributed by atoms with Gasteiger partial charge in [-0.2, -0.15) is 5.26 Å². The van der Waals surface area contributed by atoms with Crippen LogP contribution in [0.4, 0.5) is 11.4 Å². The van der Waals surface area contributed by atoms with Gasteiger partial charge in [0.2, 0.25) is 0 Å². The zero-order chi connectivity index (χ0) is 17.7. The first-order valence-corrected chi connectivity index (χ1v) is 7.22. The van der Waals surface area contributed by atoms with Crippen LogP contribution in [0.3, 0.4) is 0 Å². The summed E-state index contributed by atoms with van der Waals surface area (Å²) in [6.07, 6.45) is 1.42. The molecule has 2 aromatic rings. The van der Waals surface area contributed by atoms with E-state index in [1.165, 1.54) is 24.3 Å². The van der Waals surface area contributed by atoms with Gasteiger partial charge in [0.15, 0.2) is 0 Å². The Balaban J connectivity index is 2.27. The molecular weight excluding hydrogens is 330 g/mol. The summed E-state index contributed by atoms with van der Waals surface area (Å²) in [5.74, 6) is -0.643. The number of rotatable bonds is 4. The second-order valence-electron chi connectivity index (χ2n) is 4.93. The molecule has 2 rings (SSSR count). The maximum Gasteiger partial charge on any atom is 0.271 e. The van der Waals surface area contributed by atoms with Crippen LogP contribution in [0.25, 0.3) is 6.08 Å². The number of nitrogens with zero attached hydrogens (tertiary/aromatic N) is 2. The minimum atomic E-state index is -0.643. The molecule has 0 radical (unpaired) electrons. The Morgan fingerprint density at radius 1 is 1.29 bits per heavy atom. The molecule has 6 nitrogen and oxygen atoms in total. The van der Waals surface area contributed by atoms with Crippen molar-refractivity contribution in [3.8, 4) is 6.07 Å². The number of halogens is 1. The Labute approximate surface area is 143 Å². The highest BCUT2D eigenvalue weighted by Crippen LogP contribution is 2.22. The highest BCUT2D eigenvalue weighted by Gasteiger charge is 2.14. The van der Waals surface area contributed by atoms with Crippen molar-refractivity contribution in [2.75, 3.05) is 5.32 Å². The van der Waals surface area contributed by atoms with Gasteiger partial charge < -0.3 is 5.32 Å². The molecule has 0 saturated carbocycles. The van der Waals surface area contributed by atoms with Gasteiger partial charge in [-0.3, -0.25) is 14.9 Å². The maximum absolute atomic E-state index is 12.3. The van der Waals surface area contributed by atoms with E-state index in [4.69, 9.17) is 11.6 Å². The lowest BCUT2D eigenvalue weighted by atomic mass is 10.1. The van der Waals surface area contributed by atoms with Gasteiger partial charge in [-0.25, -0.2) is 0 Å². The molecule has 24 heavy (non-hydrogen) atoms. The number of anilines is 1. The number of nitro groups is 1. The number of amides is 1. The first-order valence-electron chi connectivity index (χ1n) is 6.84. The van der Waals surface area contributed by atoms with Crippen LogP contribution in [-0.4, -0.2) is 10.8 Å². The van der Waals surface area contributed by atoms with E-state index in [2.05, 4.69) is 5.32 Å². The van der Waals surface area contributed by atoms with E-state index in [1.807, 2.05) is 6.07 Å². The van der Waals surface area contributed by atoms with E-state index in [9.17, 15) is 20.2 Å². The van der Waals surface area contributed by atoms with Crippen LogP contribution < -0.4 is 5.32 Å². The van der Waals surface area contributed by atoms with Gasteiger partial charge in [-0.1, -0.05) is 29.8 Å². The fraction of sp³-hybridized carbons (Fsp3) is 0.0588. The number of carbonyl (C=O) groups is 1. The number of non-ortho nitro benzene ring substituents is 1. The smallest absolute Gasteiger partial charge is 0.271 e. The minimum absolute atomic E-state index is 0.122. The number of nitriles is 1. The predicted octanol–water partition coefficient (Wildman–Crippen LogP) is 4.10. The third kappa shape index (κ3) is 4.18. The van der Waals surface area contributed by atoms with Crippen LogP contribution in [0.15, 0.2) is 48.0 Å². The zero-order valence-electron chi connectivity index (χ0n) is 12.6. The molecule has 2 aromatic carbocycles. The van der Waals surface area contributed by atoms with Gasteiger partial charge >= 0.3 is 0 Å². The summed E-state index contributed by atoms with van der Waals surface area (Å²) < 4.78 is 0. The highest BCUT2D eigenvalue weighted by atomic mass is 35.5. The first kappa shape index (κ1) is 17.2. The van der Waals surface area contributed by atoms with Gasteiger partial charge in [-0.05, 0) is 36.3 Å². The minimum Gasteiger partial charge on any atom is -0.321 e. The van der Waals surface area contributed by atoms with Crippen molar-refractivity contribution < 1.29 is 9.72 Å². The monoisotopic (exact) mass is 341 g/mol. The van der Waals surface area contributed by atoms with E-state index in [0.29, 0.717) is 16.1 Å². The standard InChI is InChI=1S/C17H12ClN3O3/c1-11-2-7-15(21(23)24)9-16(11)20-17(22)13(10-19)8-12-3-5-14(18)6-4-12/h2-9H,1H3,(H,20,22)/b13-8+. The van der Waals surface area contributed by atoms with Crippen molar-refractivity contribution in [3.05, 3.63) is 74.3 Å². The van der Waals surface area contributed by atoms with Crippen LogP contribution in [0.5, 0.6) is 0 Å². The third-order valence-corrected chi connectivity index (χ3v) is 3.48. The molecule has 0 bridgehead atoms. The quantitative estimate of drug-likeness (QED) is 0.392. The van der Waals surface area contributed by atoms with Gasteiger partial charge in [0, 0.05) is 17.2 Å². The van der Waals surface area contributed by atoms with Crippen molar-refractivity contribution >= 4 is 35.0 Å². The number of hydrogen-bond acceptors (Lipinski definition) is 4. The van der Waals surface area contributed by atoms with Crippen LogP contribution in [-0.2, 0) is 4.79 Å². The Bertz CT molecular complexity index is 868. The summed E-state index contributed by atoms with van der Waals surface area (Å²) >= 11 is 5.79. The van der Waals surface area contributed by atoms with Crippen LogP contribution in [0.2, 0.25) is 5.02 Å². The average molecular weight is 342 g/mol. The molecule has 0 fully saturated rings. The molecule has 0 aliphatic heterocycles. The Morgan fingerprint density at radius 2 is 1.96 bits per heavy atom. The van der Waals surface area contributed by atoms with E-state index in [-0.39, 0.29) is 16.9 Å². The SMILES string of the molecule is Cc1ccc([N+](=O)[O-])cc1NC(=O)/C(C#N)=C/c1ccc(Cl)cc1. The number of nitro benzene ring substituents is 1. The predicted molar refractivity (Wildman–Crippen MR) is 91.5 cm³/mol. The van der Waals surface area contributed by atoms with Gasteiger partial charge in [0.25, 0.3) is 11.6 Å². The van der Waals surface area contributed by atoms with Crippen molar-refractivity contribution in [1.82, 2.24) is 0 Å². The second-order valence-corrected chi connectivity index (χ2v) is 5.37. The Morgan fingerprint density at radius 3 is 2.54 bits per heavy atom. The molecule has 0 aliphatic rings. The summed E-state index contributed by atoms with van der Waals surface area (Å²) in [5, 5.41) is 23.1. The van der Waals surface area contributed by atoms with Gasteiger partial charge in [-0.15, -0.1) is 0 Å². The fourth-order valence-corrected chi connectivity index (χ4v) is 2.05. The Kier molecular flexibility index (Phi) is 5.30. The summed E-state index contributed by atoms with van der Waals surface area (Å²) in [7, 11) is 0. The van der Waals surface area contributed by atoms with Crippen LogP contribution in [0, 0.1) is 28.4 Å². The van der Waals surface area contributed by atoms with E-state index in [0.717, 1.165) is 0 Å². The average Bonchev–Trinajstić information content (AvgIpc) is 2.56. The van der Waals surface area contributed by atoms with E-state index in [1.54, 1.807) is 31.2 Å². The number of aryl methyl sites for hydroxylation is 1. The molecule has 1 amide bonds. The molecule has 0 aromatic heterocycles. The number of nitrogens with one attached hydrogen (secondary N) is 1. The van der Waals surface area contributed by atoms with Crippen molar-refractivity contribution in [1.29, 1.82) is 5.26 Å². The van der Waals surface area contributed by atoms with Crippen molar-refractivity contribution in [3.63, 3.8) is 0 Å². The Hall–Kier alpha value is -3.17. The largest absolute Gasteiger partial charge is 0.321 e. The van der Waals surface area contributed by atoms with E-state index < -0.39 is 10.8 Å². The molecule has 0 unspecified atom stereocenters. The lowest BCUT2D eigenvalue weighted by Crippen LogP contribution is -2.14. The molecule has 0 heterocycles. The molecule has 7 heteroatoms. The third-order valence-electron chi connectivity index (χ3n) is 3.23. The van der Waals surface area contributed by atoms with Crippen molar-refractivity contribution in [2.45, 2.75) is 6.92 Å².